The first-order valence-corrected chi connectivity index (χ1v) is 10.0. The van der Waals surface area contributed by atoms with Crippen molar-refractivity contribution >= 4 is 0 Å². The van der Waals surface area contributed by atoms with E-state index < -0.39 is 12.5 Å². The molecule has 1 aliphatic heterocycles. The second-order valence-corrected chi connectivity index (χ2v) is 7.43. The maximum atomic E-state index is 12.2. The van der Waals surface area contributed by atoms with Crippen LogP contribution in [0.25, 0.3) is 0 Å². The Kier molecular flexibility index (Phi) is 7.95. The second kappa shape index (κ2) is 10.7. The number of aliphatic hydroxyl groups excluding tert-OH is 1. The van der Waals surface area contributed by atoms with Crippen LogP contribution < -0.4 is 14.8 Å². The quantitative estimate of drug-likeness (QED) is 0.645. The maximum Gasteiger partial charge on any atom is 0.573 e. The van der Waals surface area contributed by atoms with Crippen LogP contribution in [0.15, 0.2) is 54.6 Å². The van der Waals surface area contributed by atoms with Gasteiger partial charge in [0.1, 0.15) is 24.2 Å². The first-order chi connectivity index (χ1) is 14.4. The van der Waals surface area contributed by atoms with Crippen LogP contribution >= 0.6 is 0 Å². The number of hydrogen-bond acceptors (Lipinski definition) is 5. The number of ether oxygens (including phenoxy) is 2. The van der Waals surface area contributed by atoms with Crippen LogP contribution in [0.5, 0.6) is 11.5 Å². The summed E-state index contributed by atoms with van der Waals surface area (Å²) in [5.74, 6) is 0.0634. The van der Waals surface area contributed by atoms with E-state index in [1.165, 1.54) is 29.8 Å². The SMILES string of the molecule is OC(CNC1CCN(Cc2ccccc2)CC1)COc1ccc(OC(F)(F)F)cc1. The van der Waals surface area contributed by atoms with Crippen molar-refractivity contribution in [3.05, 3.63) is 60.2 Å². The molecule has 0 radical (unpaired) electrons. The highest BCUT2D eigenvalue weighted by Crippen LogP contribution is 2.24. The number of nitrogens with zero attached hydrogens (tertiary/aromatic N) is 1. The number of benzene rings is 2. The normalized spacial score (nSPS) is 16.9. The van der Waals surface area contributed by atoms with Gasteiger partial charge >= 0.3 is 6.36 Å². The predicted molar refractivity (Wildman–Crippen MR) is 107 cm³/mol. The third kappa shape index (κ3) is 7.85. The lowest BCUT2D eigenvalue weighted by molar-refractivity contribution is -0.274. The van der Waals surface area contributed by atoms with Crippen LogP contribution in [0.2, 0.25) is 0 Å². The molecule has 164 valence electrons. The van der Waals surface area contributed by atoms with Crippen molar-refractivity contribution in [1.82, 2.24) is 10.2 Å². The van der Waals surface area contributed by atoms with Crippen molar-refractivity contribution < 1.29 is 27.8 Å². The zero-order valence-corrected chi connectivity index (χ0v) is 16.6. The fraction of sp³-hybridized carbons (Fsp3) is 0.455. The number of halogens is 3. The van der Waals surface area contributed by atoms with Crippen molar-refractivity contribution in [3.63, 3.8) is 0 Å². The third-order valence-corrected chi connectivity index (χ3v) is 4.98. The van der Waals surface area contributed by atoms with Gasteiger partial charge in [0.05, 0.1) is 0 Å². The molecule has 0 spiro atoms. The Bertz CT molecular complexity index is 748. The van der Waals surface area contributed by atoms with Crippen molar-refractivity contribution in [2.75, 3.05) is 26.2 Å². The van der Waals surface area contributed by atoms with Gasteiger partial charge in [-0.25, -0.2) is 0 Å². The zero-order valence-electron chi connectivity index (χ0n) is 16.6. The average molecular weight is 424 g/mol. The maximum absolute atomic E-state index is 12.2. The molecule has 0 saturated carbocycles. The molecule has 0 amide bonds. The van der Waals surface area contributed by atoms with E-state index in [0.29, 0.717) is 18.3 Å². The van der Waals surface area contributed by atoms with Gasteiger partial charge in [-0.3, -0.25) is 4.90 Å². The molecule has 3 rings (SSSR count). The molecule has 5 nitrogen and oxygen atoms in total. The number of rotatable bonds is 9. The average Bonchev–Trinajstić information content (AvgIpc) is 2.72. The summed E-state index contributed by atoms with van der Waals surface area (Å²) in [6, 6.07) is 15.9. The summed E-state index contributed by atoms with van der Waals surface area (Å²) in [6.07, 6.45) is -3.40. The molecule has 0 bridgehead atoms. The molecular weight excluding hydrogens is 397 g/mol. The Morgan fingerprint density at radius 1 is 1.00 bits per heavy atom. The van der Waals surface area contributed by atoms with Gasteiger partial charge in [-0.1, -0.05) is 30.3 Å². The van der Waals surface area contributed by atoms with Gasteiger partial charge in [0.15, 0.2) is 0 Å². The first kappa shape index (κ1) is 22.4. The summed E-state index contributed by atoms with van der Waals surface area (Å²) in [5.41, 5.74) is 1.31. The lowest BCUT2D eigenvalue weighted by Crippen LogP contribution is -2.45. The Balaban J connectivity index is 1.31. The molecule has 1 unspecified atom stereocenters. The minimum absolute atomic E-state index is 0.0549. The minimum atomic E-state index is -4.72. The van der Waals surface area contributed by atoms with E-state index in [4.69, 9.17) is 4.74 Å². The van der Waals surface area contributed by atoms with Crippen LogP contribution in [-0.4, -0.2) is 54.8 Å². The highest BCUT2D eigenvalue weighted by atomic mass is 19.4. The van der Waals surface area contributed by atoms with Crippen molar-refractivity contribution in [3.8, 4) is 11.5 Å². The van der Waals surface area contributed by atoms with Gasteiger partial charge in [0.25, 0.3) is 0 Å². The number of likely N-dealkylation sites (tertiary alicyclic amines) is 1. The topological polar surface area (TPSA) is 54.0 Å². The number of piperidine rings is 1. The van der Waals surface area contributed by atoms with Gasteiger partial charge in [0, 0.05) is 19.1 Å². The molecule has 2 N–H and O–H groups in total. The van der Waals surface area contributed by atoms with Crippen molar-refractivity contribution in [2.45, 2.75) is 37.9 Å². The molecule has 30 heavy (non-hydrogen) atoms. The van der Waals surface area contributed by atoms with Gasteiger partial charge < -0.3 is 19.9 Å². The molecule has 8 heteroatoms. The van der Waals surface area contributed by atoms with E-state index in [1.807, 2.05) is 6.07 Å². The van der Waals surface area contributed by atoms with E-state index in [-0.39, 0.29) is 12.4 Å². The Morgan fingerprint density at radius 2 is 1.63 bits per heavy atom. The summed E-state index contributed by atoms with van der Waals surface area (Å²) in [7, 11) is 0. The zero-order chi connectivity index (χ0) is 21.4. The second-order valence-electron chi connectivity index (χ2n) is 7.43. The van der Waals surface area contributed by atoms with Crippen LogP contribution in [0.1, 0.15) is 18.4 Å². The molecule has 1 heterocycles. The molecule has 1 atom stereocenters. The molecule has 0 aromatic heterocycles. The van der Waals surface area contributed by atoms with E-state index in [2.05, 4.69) is 39.2 Å². The lowest BCUT2D eigenvalue weighted by Gasteiger charge is -2.33. The van der Waals surface area contributed by atoms with Gasteiger partial charge in [-0.15, -0.1) is 13.2 Å². The Hall–Kier alpha value is -2.29. The summed E-state index contributed by atoms with van der Waals surface area (Å²) in [6.45, 7) is 3.42. The van der Waals surface area contributed by atoms with Gasteiger partial charge in [-0.05, 0) is 55.8 Å². The number of aliphatic hydroxyl groups is 1. The van der Waals surface area contributed by atoms with Crippen molar-refractivity contribution in [1.29, 1.82) is 0 Å². The largest absolute Gasteiger partial charge is 0.573 e. The van der Waals surface area contributed by atoms with E-state index >= 15 is 0 Å². The predicted octanol–water partition coefficient (Wildman–Crippen LogP) is 3.58. The Labute approximate surface area is 174 Å². The highest BCUT2D eigenvalue weighted by molar-refractivity contribution is 5.31. The standard InChI is InChI=1S/C22H27F3N2O3/c23-22(24,25)30-21-8-6-20(7-9-21)29-16-19(28)14-26-18-10-12-27(13-11-18)15-17-4-2-1-3-5-17/h1-9,18-19,26,28H,10-16H2. The molecule has 1 saturated heterocycles. The molecule has 2 aromatic carbocycles. The number of nitrogens with one attached hydrogen (secondary N) is 1. The van der Waals surface area contributed by atoms with Gasteiger partial charge in [-0.2, -0.15) is 0 Å². The molecular formula is C22H27F3N2O3. The van der Waals surface area contributed by atoms with Crippen molar-refractivity contribution in [2.24, 2.45) is 0 Å². The highest BCUT2D eigenvalue weighted by Gasteiger charge is 2.31. The fourth-order valence-electron chi connectivity index (χ4n) is 3.43. The summed E-state index contributed by atoms with van der Waals surface area (Å²) >= 11 is 0. The molecule has 2 aromatic rings. The van der Waals surface area contributed by atoms with E-state index in [9.17, 15) is 18.3 Å². The number of alkyl halides is 3. The lowest BCUT2D eigenvalue weighted by atomic mass is 10.0. The molecule has 0 aliphatic carbocycles. The number of hydrogen-bond donors (Lipinski definition) is 2. The summed E-state index contributed by atoms with van der Waals surface area (Å²) in [4.78, 5) is 2.43. The molecule has 1 aliphatic rings. The third-order valence-electron chi connectivity index (χ3n) is 4.98. The monoisotopic (exact) mass is 424 g/mol. The van der Waals surface area contributed by atoms with Crippen LogP contribution in [0, 0.1) is 0 Å². The van der Waals surface area contributed by atoms with Crippen LogP contribution in [0.4, 0.5) is 13.2 Å². The smallest absolute Gasteiger partial charge is 0.491 e. The summed E-state index contributed by atoms with van der Waals surface area (Å²) < 4.78 is 45.7. The van der Waals surface area contributed by atoms with Crippen LogP contribution in [-0.2, 0) is 6.54 Å². The van der Waals surface area contributed by atoms with E-state index in [1.54, 1.807) is 0 Å². The first-order valence-electron chi connectivity index (χ1n) is 10.0. The van der Waals surface area contributed by atoms with Gasteiger partial charge in [0.2, 0.25) is 0 Å². The summed E-state index contributed by atoms with van der Waals surface area (Å²) in [5, 5.41) is 13.5. The molecule has 1 fully saturated rings. The fourth-order valence-corrected chi connectivity index (χ4v) is 3.43. The Morgan fingerprint density at radius 3 is 2.27 bits per heavy atom. The minimum Gasteiger partial charge on any atom is -0.491 e. The van der Waals surface area contributed by atoms with E-state index in [0.717, 1.165) is 32.5 Å². The van der Waals surface area contributed by atoms with Crippen LogP contribution in [0.3, 0.4) is 0 Å².